The SMILES string of the molecule is CC(=N)[C@H](CCF)Oc1ccc(Br)cc1-c1ccon1. The molecule has 0 saturated carbocycles. The zero-order valence-electron chi connectivity index (χ0n) is 10.9. The van der Waals surface area contributed by atoms with Gasteiger partial charge in [0.25, 0.3) is 0 Å². The van der Waals surface area contributed by atoms with Crippen LogP contribution in [0.25, 0.3) is 11.3 Å². The maximum Gasteiger partial charge on any atom is 0.138 e. The average molecular weight is 341 g/mol. The van der Waals surface area contributed by atoms with E-state index >= 15 is 0 Å². The fourth-order valence-corrected chi connectivity index (χ4v) is 2.13. The third kappa shape index (κ3) is 3.45. The van der Waals surface area contributed by atoms with Crippen LogP contribution < -0.4 is 4.74 Å². The molecule has 0 spiro atoms. The minimum absolute atomic E-state index is 0.156. The number of hydrogen-bond acceptors (Lipinski definition) is 4. The van der Waals surface area contributed by atoms with E-state index in [0.29, 0.717) is 11.4 Å². The molecule has 1 aromatic carbocycles. The van der Waals surface area contributed by atoms with Crippen molar-refractivity contribution in [1.29, 1.82) is 5.41 Å². The molecule has 20 heavy (non-hydrogen) atoms. The standard InChI is InChI=1S/C14H14BrFN2O2/c1-9(17)13(4-6-16)20-14-3-2-10(15)8-11(14)12-5-7-19-18-12/h2-3,5,7-8,13,17H,4,6H2,1H3/t13-/m0/s1. The van der Waals surface area contributed by atoms with Crippen molar-refractivity contribution in [2.45, 2.75) is 19.4 Å². The van der Waals surface area contributed by atoms with Crippen molar-refractivity contribution in [3.8, 4) is 17.0 Å². The van der Waals surface area contributed by atoms with E-state index in [9.17, 15) is 4.39 Å². The van der Waals surface area contributed by atoms with Crippen molar-refractivity contribution in [2.24, 2.45) is 0 Å². The Kier molecular flexibility index (Phi) is 4.89. The molecule has 0 bridgehead atoms. The van der Waals surface area contributed by atoms with E-state index in [1.807, 2.05) is 12.1 Å². The van der Waals surface area contributed by atoms with Gasteiger partial charge in [0.05, 0.1) is 6.67 Å². The Bertz CT molecular complexity index is 587. The molecule has 0 amide bonds. The van der Waals surface area contributed by atoms with Crippen molar-refractivity contribution in [3.63, 3.8) is 0 Å². The molecule has 0 unspecified atom stereocenters. The summed E-state index contributed by atoms with van der Waals surface area (Å²) < 4.78 is 24.0. The van der Waals surface area contributed by atoms with Crippen LogP contribution in [0.4, 0.5) is 4.39 Å². The van der Waals surface area contributed by atoms with Gasteiger partial charge in [0.2, 0.25) is 0 Å². The lowest BCUT2D eigenvalue weighted by Gasteiger charge is -2.19. The highest BCUT2D eigenvalue weighted by molar-refractivity contribution is 9.10. The Morgan fingerprint density at radius 3 is 2.90 bits per heavy atom. The van der Waals surface area contributed by atoms with Crippen LogP contribution >= 0.6 is 15.9 Å². The summed E-state index contributed by atoms with van der Waals surface area (Å²) in [5.41, 5.74) is 1.65. The average Bonchev–Trinajstić information content (AvgIpc) is 2.93. The summed E-state index contributed by atoms with van der Waals surface area (Å²) in [6.45, 7) is 1.08. The van der Waals surface area contributed by atoms with Crippen LogP contribution in [-0.4, -0.2) is 23.6 Å². The summed E-state index contributed by atoms with van der Waals surface area (Å²) in [6, 6.07) is 7.15. The zero-order valence-corrected chi connectivity index (χ0v) is 12.5. The number of halogens is 2. The number of aromatic nitrogens is 1. The van der Waals surface area contributed by atoms with Crippen molar-refractivity contribution < 1.29 is 13.7 Å². The first-order chi connectivity index (χ1) is 9.61. The van der Waals surface area contributed by atoms with Gasteiger partial charge in [0.1, 0.15) is 23.8 Å². The van der Waals surface area contributed by atoms with E-state index in [2.05, 4.69) is 21.1 Å². The maximum atomic E-state index is 12.5. The Morgan fingerprint density at radius 2 is 2.30 bits per heavy atom. The zero-order chi connectivity index (χ0) is 14.5. The number of hydrogen-bond donors (Lipinski definition) is 1. The second kappa shape index (κ2) is 6.65. The normalized spacial score (nSPS) is 12.2. The Hall–Kier alpha value is -1.69. The van der Waals surface area contributed by atoms with E-state index < -0.39 is 12.8 Å². The minimum Gasteiger partial charge on any atom is -0.484 e. The molecule has 1 aromatic heterocycles. The van der Waals surface area contributed by atoms with Crippen LogP contribution in [-0.2, 0) is 0 Å². The molecular weight excluding hydrogens is 327 g/mol. The minimum atomic E-state index is -0.577. The van der Waals surface area contributed by atoms with Crippen molar-refractivity contribution in [1.82, 2.24) is 5.16 Å². The molecule has 1 heterocycles. The summed E-state index contributed by atoms with van der Waals surface area (Å²) in [5, 5.41) is 11.5. The van der Waals surface area contributed by atoms with E-state index in [0.717, 1.165) is 10.0 Å². The van der Waals surface area contributed by atoms with Crippen molar-refractivity contribution in [2.75, 3.05) is 6.67 Å². The van der Waals surface area contributed by atoms with Gasteiger partial charge in [0.15, 0.2) is 0 Å². The quantitative estimate of drug-likeness (QED) is 0.799. The Morgan fingerprint density at radius 1 is 1.50 bits per heavy atom. The van der Waals surface area contributed by atoms with E-state index in [1.165, 1.54) is 6.26 Å². The molecule has 0 radical (unpaired) electrons. The lowest BCUT2D eigenvalue weighted by atomic mass is 10.1. The molecule has 6 heteroatoms. The highest BCUT2D eigenvalue weighted by Crippen LogP contribution is 2.32. The summed E-state index contributed by atoms with van der Waals surface area (Å²) in [4.78, 5) is 0. The maximum absolute atomic E-state index is 12.5. The molecular formula is C14H14BrFN2O2. The first kappa shape index (κ1) is 14.7. The van der Waals surface area contributed by atoms with E-state index in [4.69, 9.17) is 14.7 Å². The molecule has 2 rings (SSSR count). The van der Waals surface area contributed by atoms with Gasteiger partial charge >= 0.3 is 0 Å². The lowest BCUT2D eigenvalue weighted by molar-refractivity contribution is 0.238. The van der Waals surface area contributed by atoms with Gasteiger partial charge in [-0.25, -0.2) is 0 Å². The van der Waals surface area contributed by atoms with Crippen LogP contribution in [0.5, 0.6) is 5.75 Å². The second-order valence-electron chi connectivity index (χ2n) is 4.29. The predicted molar refractivity (Wildman–Crippen MR) is 78.0 cm³/mol. The largest absolute Gasteiger partial charge is 0.484 e. The number of ether oxygens (including phenoxy) is 1. The fourth-order valence-electron chi connectivity index (χ4n) is 1.77. The highest BCUT2D eigenvalue weighted by Gasteiger charge is 2.17. The number of alkyl halides is 1. The van der Waals surface area contributed by atoms with E-state index in [-0.39, 0.29) is 12.1 Å². The van der Waals surface area contributed by atoms with Crippen LogP contribution in [0, 0.1) is 5.41 Å². The second-order valence-corrected chi connectivity index (χ2v) is 5.21. The number of nitrogens with one attached hydrogen (secondary N) is 1. The molecule has 4 nitrogen and oxygen atoms in total. The molecule has 106 valence electrons. The van der Waals surface area contributed by atoms with Crippen molar-refractivity contribution >= 4 is 21.6 Å². The van der Waals surface area contributed by atoms with Gasteiger partial charge in [-0.15, -0.1) is 0 Å². The molecule has 0 aliphatic heterocycles. The fraction of sp³-hybridized carbons (Fsp3) is 0.286. The Labute approximate surface area is 124 Å². The number of nitrogens with zero attached hydrogens (tertiary/aromatic N) is 1. The van der Waals surface area contributed by atoms with Gasteiger partial charge in [-0.05, 0) is 25.1 Å². The molecule has 1 N–H and O–H groups in total. The molecule has 1 atom stereocenters. The summed E-state index contributed by atoms with van der Waals surface area (Å²) in [6.07, 6.45) is 1.05. The van der Waals surface area contributed by atoms with Gasteiger partial charge < -0.3 is 14.7 Å². The summed E-state index contributed by atoms with van der Waals surface area (Å²) in [7, 11) is 0. The highest BCUT2D eigenvalue weighted by atomic mass is 79.9. The third-order valence-corrected chi connectivity index (χ3v) is 3.27. The van der Waals surface area contributed by atoms with Gasteiger partial charge in [0, 0.05) is 28.2 Å². The van der Waals surface area contributed by atoms with Crippen LogP contribution in [0.1, 0.15) is 13.3 Å². The smallest absolute Gasteiger partial charge is 0.138 e. The van der Waals surface area contributed by atoms with E-state index in [1.54, 1.807) is 19.1 Å². The van der Waals surface area contributed by atoms with Crippen LogP contribution in [0.2, 0.25) is 0 Å². The third-order valence-electron chi connectivity index (χ3n) is 2.78. The molecule has 0 saturated heterocycles. The topological polar surface area (TPSA) is 59.1 Å². The lowest BCUT2D eigenvalue weighted by Crippen LogP contribution is -2.25. The number of benzene rings is 1. The molecule has 0 aliphatic rings. The van der Waals surface area contributed by atoms with Crippen molar-refractivity contribution in [3.05, 3.63) is 35.0 Å². The van der Waals surface area contributed by atoms with Gasteiger partial charge in [-0.2, -0.15) is 0 Å². The first-order valence-electron chi connectivity index (χ1n) is 6.09. The Balaban J connectivity index is 2.34. The van der Waals surface area contributed by atoms with Gasteiger partial charge in [-0.3, -0.25) is 4.39 Å². The summed E-state index contributed by atoms with van der Waals surface area (Å²) in [5.74, 6) is 0.548. The molecule has 0 fully saturated rings. The van der Waals surface area contributed by atoms with Crippen LogP contribution in [0.3, 0.4) is 0 Å². The predicted octanol–water partition coefficient (Wildman–Crippen LogP) is 4.25. The monoisotopic (exact) mass is 340 g/mol. The summed E-state index contributed by atoms with van der Waals surface area (Å²) >= 11 is 3.39. The van der Waals surface area contributed by atoms with Gasteiger partial charge in [-0.1, -0.05) is 21.1 Å². The number of rotatable bonds is 6. The first-order valence-corrected chi connectivity index (χ1v) is 6.89. The molecule has 2 aromatic rings. The van der Waals surface area contributed by atoms with Crippen LogP contribution in [0.15, 0.2) is 39.5 Å². The molecule has 0 aliphatic carbocycles.